The summed E-state index contributed by atoms with van der Waals surface area (Å²) in [6.07, 6.45) is -1.96. The molecule has 4 N–H and O–H groups in total. The first kappa shape index (κ1) is 27.4. The number of fused-ring (bicyclic) bond motifs is 1. The molecule has 1 fully saturated rings. The van der Waals surface area contributed by atoms with E-state index < -0.39 is 30.2 Å². The molecule has 36 heavy (non-hydrogen) atoms. The Morgan fingerprint density at radius 2 is 1.69 bits per heavy atom. The van der Waals surface area contributed by atoms with Gasteiger partial charge in [-0.1, -0.05) is 18.2 Å². The van der Waals surface area contributed by atoms with Crippen molar-refractivity contribution in [3.8, 4) is 5.06 Å². The minimum atomic E-state index is -2.27. The number of carboxylic acid groups (broad SMARTS) is 2. The van der Waals surface area contributed by atoms with Gasteiger partial charge in [0.15, 0.2) is 23.1 Å². The van der Waals surface area contributed by atoms with Crippen molar-refractivity contribution in [2.75, 3.05) is 6.54 Å². The Bertz CT molecular complexity index is 1130. The number of ether oxygens (including phenoxy) is 1. The van der Waals surface area contributed by atoms with Crippen LogP contribution in [0.3, 0.4) is 0 Å². The number of carboxylic acids is 2. The van der Waals surface area contributed by atoms with Crippen molar-refractivity contribution in [2.24, 2.45) is 5.92 Å². The van der Waals surface area contributed by atoms with Crippen molar-refractivity contribution in [3.63, 3.8) is 0 Å². The smallest absolute Gasteiger partial charge is 0.335 e. The van der Waals surface area contributed by atoms with E-state index >= 15 is 0 Å². The van der Waals surface area contributed by atoms with Gasteiger partial charge in [0.25, 0.3) is 0 Å². The van der Waals surface area contributed by atoms with E-state index in [0.717, 1.165) is 24.8 Å². The molecule has 3 unspecified atom stereocenters. The van der Waals surface area contributed by atoms with Crippen LogP contribution in [0.1, 0.15) is 41.8 Å². The standard InChI is InChI=1S/C20H20FNO3S.C4H6O6/c1-12(23)25-18-10-14-11-22(9-8-17(14)26-18)19(20(24)13-6-7-13)15-4-2-3-5-16(15)21;5-1(3(7)8)2(6)4(9)10/h2-5,10,13,19H,6-9,11H2,1H3;1-2,5-6H,(H,7,8)(H,9,10). The lowest BCUT2D eigenvalue weighted by atomic mass is 9.95. The van der Waals surface area contributed by atoms with Crippen molar-refractivity contribution in [2.45, 2.75) is 51.0 Å². The van der Waals surface area contributed by atoms with E-state index in [1.54, 1.807) is 18.2 Å². The summed E-state index contributed by atoms with van der Waals surface area (Å²) in [7, 11) is 0. The lowest BCUT2D eigenvalue weighted by Gasteiger charge is -2.34. The molecule has 12 heteroatoms. The highest BCUT2D eigenvalue weighted by atomic mass is 32.1. The molecule has 0 saturated heterocycles. The molecule has 1 aromatic heterocycles. The summed E-state index contributed by atoms with van der Waals surface area (Å²) in [5.41, 5.74) is 1.52. The van der Waals surface area contributed by atoms with Crippen LogP contribution in [-0.2, 0) is 32.1 Å². The van der Waals surface area contributed by atoms with Crippen molar-refractivity contribution < 1.29 is 48.7 Å². The van der Waals surface area contributed by atoms with Crippen molar-refractivity contribution in [1.29, 1.82) is 0 Å². The number of esters is 1. The van der Waals surface area contributed by atoms with Crippen LogP contribution in [0.15, 0.2) is 30.3 Å². The number of aliphatic hydroxyl groups excluding tert-OH is 2. The second kappa shape index (κ2) is 11.7. The normalized spacial score (nSPS) is 17.6. The number of aliphatic carboxylic acids is 2. The van der Waals surface area contributed by atoms with E-state index in [1.807, 2.05) is 6.07 Å². The lowest BCUT2D eigenvalue weighted by molar-refractivity contribution is -0.165. The van der Waals surface area contributed by atoms with Crippen LogP contribution in [0.2, 0.25) is 0 Å². The van der Waals surface area contributed by atoms with E-state index in [2.05, 4.69) is 4.90 Å². The fourth-order valence-electron chi connectivity index (χ4n) is 3.83. The number of nitrogens with zero attached hydrogens (tertiary/aromatic N) is 1. The van der Waals surface area contributed by atoms with Gasteiger partial charge >= 0.3 is 17.9 Å². The Morgan fingerprint density at radius 1 is 1.08 bits per heavy atom. The number of carbonyl (C=O) groups excluding carboxylic acids is 2. The van der Waals surface area contributed by atoms with Crippen LogP contribution >= 0.6 is 11.3 Å². The van der Waals surface area contributed by atoms with E-state index in [4.69, 9.17) is 25.2 Å². The van der Waals surface area contributed by atoms with E-state index in [-0.39, 0.29) is 23.5 Å². The second-order valence-electron chi connectivity index (χ2n) is 8.49. The average Bonchev–Trinajstić information content (AvgIpc) is 3.59. The van der Waals surface area contributed by atoms with Crippen LogP contribution < -0.4 is 4.74 Å². The third-order valence-corrected chi connectivity index (χ3v) is 6.85. The highest BCUT2D eigenvalue weighted by Gasteiger charge is 2.40. The van der Waals surface area contributed by atoms with Crippen LogP contribution in [-0.4, -0.2) is 67.8 Å². The molecule has 0 radical (unpaired) electrons. The molecule has 2 aromatic rings. The van der Waals surface area contributed by atoms with Gasteiger partial charge in [-0.05, 0) is 37.0 Å². The maximum absolute atomic E-state index is 14.4. The first-order valence-corrected chi connectivity index (χ1v) is 11.9. The third kappa shape index (κ3) is 6.72. The zero-order chi connectivity index (χ0) is 26.6. The predicted molar refractivity (Wildman–Crippen MR) is 124 cm³/mol. The monoisotopic (exact) mass is 523 g/mol. The summed E-state index contributed by atoms with van der Waals surface area (Å²) < 4.78 is 19.6. The fourth-order valence-corrected chi connectivity index (χ4v) is 4.88. The minimum Gasteiger partial charge on any atom is -0.479 e. The van der Waals surface area contributed by atoms with Crippen LogP contribution in [0, 0.1) is 11.7 Å². The number of halogens is 1. The lowest BCUT2D eigenvalue weighted by Crippen LogP contribution is -2.39. The van der Waals surface area contributed by atoms with Crippen LogP contribution in [0.4, 0.5) is 4.39 Å². The number of Topliss-reactive ketones (excluding diaryl/α,β-unsaturated/α-hetero) is 1. The zero-order valence-electron chi connectivity index (χ0n) is 19.3. The number of carbonyl (C=O) groups is 4. The maximum Gasteiger partial charge on any atom is 0.335 e. The summed E-state index contributed by atoms with van der Waals surface area (Å²) in [5.74, 6) is -4.03. The summed E-state index contributed by atoms with van der Waals surface area (Å²) >= 11 is 1.47. The van der Waals surface area contributed by atoms with Gasteiger partial charge in [-0.2, -0.15) is 0 Å². The van der Waals surface area contributed by atoms with E-state index in [9.17, 15) is 23.6 Å². The molecule has 1 aromatic carbocycles. The molecule has 0 amide bonds. The predicted octanol–water partition coefficient (Wildman–Crippen LogP) is 1.77. The molecule has 4 rings (SSSR count). The first-order valence-electron chi connectivity index (χ1n) is 11.1. The Labute approximate surface area is 209 Å². The number of rotatable bonds is 8. The summed E-state index contributed by atoms with van der Waals surface area (Å²) in [4.78, 5) is 46.9. The number of aliphatic hydroxyl groups is 2. The number of ketones is 1. The molecule has 0 bridgehead atoms. The molecule has 2 aliphatic rings. The van der Waals surface area contributed by atoms with Gasteiger partial charge in [0.05, 0.1) is 6.04 Å². The van der Waals surface area contributed by atoms with E-state index in [0.29, 0.717) is 23.7 Å². The number of thiophene rings is 1. The molecule has 1 saturated carbocycles. The van der Waals surface area contributed by atoms with Gasteiger partial charge in [-0.15, -0.1) is 11.3 Å². The molecule has 10 nitrogen and oxygen atoms in total. The molecule has 1 aliphatic heterocycles. The van der Waals surface area contributed by atoms with Crippen molar-refractivity contribution >= 4 is 35.0 Å². The average molecular weight is 524 g/mol. The highest BCUT2D eigenvalue weighted by Crippen LogP contribution is 2.41. The fraction of sp³-hybridized carbons (Fsp3) is 0.417. The Balaban J connectivity index is 0.000000308. The Kier molecular flexibility index (Phi) is 8.90. The molecule has 194 valence electrons. The summed E-state index contributed by atoms with van der Waals surface area (Å²) in [6, 6.07) is 7.89. The van der Waals surface area contributed by atoms with Crippen molar-refractivity contribution in [3.05, 3.63) is 52.2 Å². The van der Waals surface area contributed by atoms with Gasteiger partial charge in [-0.25, -0.2) is 14.0 Å². The van der Waals surface area contributed by atoms with Crippen molar-refractivity contribution in [1.82, 2.24) is 4.90 Å². The van der Waals surface area contributed by atoms with E-state index in [1.165, 1.54) is 29.2 Å². The molecule has 3 atom stereocenters. The van der Waals surface area contributed by atoms with Gasteiger partial charge in [0, 0.05) is 36.4 Å². The van der Waals surface area contributed by atoms with Gasteiger partial charge in [-0.3, -0.25) is 14.5 Å². The Hall–Kier alpha value is -3.19. The molecule has 0 spiro atoms. The SMILES string of the molecule is CC(=O)Oc1cc2c(s1)CCN(C(C(=O)C1CC1)c1ccccc1F)C2.O=C(O)C(O)C(O)C(=O)O. The quantitative estimate of drug-likeness (QED) is 0.375. The van der Waals surface area contributed by atoms with Gasteiger partial charge in [0.1, 0.15) is 5.82 Å². The van der Waals surface area contributed by atoms with Crippen LogP contribution in [0.5, 0.6) is 5.06 Å². The molecular formula is C24H26FNO9S. The topological polar surface area (TPSA) is 162 Å². The second-order valence-corrected chi connectivity index (χ2v) is 9.59. The summed E-state index contributed by atoms with van der Waals surface area (Å²) in [6.45, 7) is 2.63. The maximum atomic E-state index is 14.4. The molecule has 1 aliphatic carbocycles. The zero-order valence-corrected chi connectivity index (χ0v) is 20.1. The van der Waals surface area contributed by atoms with Gasteiger partial charge in [0.2, 0.25) is 0 Å². The number of hydrogen-bond donors (Lipinski definition) is 4. The highest BCUT2D eigenvalue weighted by molar-refractivity contribution is 7.14. The van der Waals surface area contributed by atoms with Gasteiger partial charge < -0.3 is 25.2 Å². The largest absolute Gasteiger partial charge is 0.479 e. The Morgan fingerprint density at radius 3 is 2.22 bits per heavy atom. The first-order chi connectivity index (χ1) is 17.0. The molecular weight excluding hydrogens is 497 g/mol. The molecule has 2 heterocycles. The van der Waals surface area contributed by atoms with Crippen LogP contribution in [0.25, 0.3) is 0 Å². The minimum absolute atomic E-state index is 0.0556. The third-order valence-electron chi connectivity index (χ3n) is 5.74. The number of hydrogen-bond acceptors (Lipinski definition) is 9. The summed E-state index contributed by atoms with van der Waals surface area (Å²) in [5, 5.41) is 33.1. The number of benzene rings is 1.